The minimum Gasteiger partial charge on any atom is -0.433 e. The van der Waals surface area contributed by atoms with Gasteiger partial charge in [0.25, 0.3) is 10.8 Å². The van der Waals surface area contributed by atoms with E-state index in [0.29, 0.717) is 0 Å². The van der Waals surface area contributed by atoms with Crippen LogP contribution < -0.4 is 10.5 Å². The summed E-state index contributed by atoms with van der Waals surface area (Å²) in [4.78, 5) is 27.0. The van der Waals surface area contributed by atoms with Gasteiger partial charge in [0.15, 0.2) is 0 Å². The van der Waals surface area contributed by atoms with Gasteiger partial charge in [-0.1, -0.05) is 0 Å². The van der Waals surface area contributed by atoms with Gasteiger partial charge in [0.05, 0.1) is 27.5 Å². The average Bonchev–Trinajstić information content (AvgIpc) is 2.52. The third-order valence-electron chi connectivity index (χ3n) is 2.82. The first kappa shape index (κ1) is 18.5. The van der Waals surface area contributed by atoms with Gasteiger partial charge in [-0.25, -0.2) is 8.42 Å². The molecule has 0 aliphatic rings. The summed E-state index contributed by atoms with van der Waals surface area (Å²) in [6, 6.07) is 4.55. The number of benzene rings is 1. The monoisotopic (exact) mass is 380 g/mol. The molecule has 0 atom stereocenters. The Morgan fingerprint density at radius 1 is 1.19 bits per heavy atom. The number of nitro benzene ring substituents is 1. The number of nitriles is 1. The van der Waals surface area contributed by atoms with Crippen LogP contribution in [0.5, 0.6) is 11.6 Å². The highest BCUT2D eigenvalue weighted by molar-refractivity contribution is 7.90. The van der Waals surface area contributed by atoms with E-state index >= 15 is 0 Å². The molecule has 2 rings (SSSR count). The zero-order valence-electron chi connectivity index (χ0n) is 12.8. The van der Waals surface area contributed by atoms with Gasteiger partial charge in [0, 0.05) is 12.3 Å². The SMILES string of the molecule is CS(=O)(=O)c1nc(N)c([N+](=O)[O-])c(Oc2cc(C#N)cc([N+](=O)[O-])c2)n1. The quantitative estimate of drug-likeness (QED) is 0.438. The Labute approximate surface area is 144 Å². The number of ether oxygens (including phenoxy) is 1. The van der Waals surface area contributed by atoms with Crippen LogP contribution in [-0.4, -0.2) is 34.5 Å². The molecule has 0 amide bonds. The topological polar surface area (TPSA) is 205 Å². The van der Waals surface area contributed by atoms with Gasteiger partial charge in [-0.2, -0.15) is 15.2 Å². The molecule has 2 aromatic rings. The third-order valence-corrected chi connectivity index (χ3v) is 3.66. The van der Waals surface area contributed by atoms with Crippen molar-refractivity contribution in [1.82, 2.24) is 9.97 Å². The Bertz CT molecular complexity index is 1080. The van der Waals surface area contributed by atoms with Crippen LogP contribution in [0.15, 0.2) is 23.4 Å². The highest BCUT2D eigenvalue weighted by Gasteiger charge is 2.28. The van der Waals surface area contributed by atoms with Crippen molar-refractivity contribution in [3.8, 4) is 17.7 Å². The summed E-state index contributed by atoms with van der Waals surface area (Å²) in [7, 11) is -3.98. The Morgan fingerprint density at radius 2 is 1.85 bits per heavy atom. The number of anilines is 1. The maximum atomic E-state index is 11.6. The molecule has 0 bridgehead atoms. The molecule has 13 nitrogen and oxygen atoms in total. The van der Waals surface area contributed by atoms with E-state index in [4.69, 9.17) is 15.7 Å². The van der Waals surface area contributed by atoms with Crippen LogP contribution in [0.1, 0.15) is 5.56 Å². The summed E-state index contributed by atoms with van der Waals surface area (Å²) in [5, 5.41) is 30.1. The van der Waals surface area contributed by atoms with Crippen molar-refractivity contribution in [3.63, 3.8) is 0 Å². The van der Waals surface area contributed by atoms with E-state index in [1.807, 2.05) is 0 Å². The fraction of sp³-hybridized carbons (Fsp3) is 0.0833. The molecule has 0 radical (unpaired) electrons. The van der Waals surface area contributed by atoms with Gasteiger partial charge in [-0.3, -0.25) is 20.2 Å². The lowest BCUT2D eigenvalue weighted by Crippen LogP contribution is -2.10. The Hall–Kier alpha value is -3.86. The maximum Gasteiger partial charge on any atom is 0.373 e. The second kappa shape index (κ2) is 6.57. The molecule has 0 unspecified atom stereocenters. The Morgan fingerprint density at radius 3 is 2.35 bits per heavy atom. The molecule has 1 aromatic heterocycles. The molecule has 1 heterocycles. The van der Waals surface area contributed by atoms with E-state index in [1.54, 1.807) is 6.07 Å². The molecule has 134 valence electrons. The Balaban J connectivity index is 2.67. The number of nitrogen functional groups attached to an aromatic ring is 1. The molecule has 0 aliphatic carbocycles. The molecule has 26 heavy (non-hydrogen) atoms. The first-order valence-corrected chi connectivity index (χ1v) is 8.31. The van der Waals surface area contributed by atoms with Crippen molar-refractivity contribution < 1.29 is 23.0 Å². The summed E-state index contributed by atoms with van der Waals surface area (Å²) < 4.78 is 28.3. The number of aromatic nitrogens is 2. The summed E-state index contributed by atoms with van der Waals surface area (Å²) >= 11 is 0. The normalized spacial score (nSPS) is 10.8. The smallest absolute Gasteiger partial charge is 0.373 e. The summed E-state index contributed by atoms with van der Waals surface area (Å²) in [5.41, 5.74) is 3.80. The van der Waals surface area contributed by atoms with E-state index in [9.17, 15) is 28.6 Å². The van der Waals surface area contributed by atoms with Crippen molar-refractivity contribution in [2.75, 3.05) is 12.0 Å². The largest absolute Gasteiger partial charge is 0.433 e. The van der Waals surface area contributed by atoms with Crippen LogP contribution in [0.2, 0.25) is 0 Å². The van der Waals surface area contributed by atoms with Crippen molar-refractivity contribution in [2.45, 2.75) is 5.16 Å². The number of nitrogens with zero attached hydrogens (tertiary/aromatic N) is 5. The predicted octanol–water partition coefficient (Wildman–Crippen LogP) is 0.943. The first-order valence-electron chi connectivity index (χ1n) is 6.42. The number of hydrogen-bond donors (Lipinski definition) is 1. The Kier molecular flexibility index (Phi) is 4.67. The molecule has 1 aromatic carbocycles. The lowest BCUT2D eigenvalue weighted by Gasteiger charge is -2.08. The molecule has 14 heteroatoms. The van der Waals surface area contributed by atoms with E-state index in [1.165, 1.54) is 0 Å². The van der Waals surface area contributed by atoms with Gasteiger partial charge < -0.3 is 10.5 Å². The number of hydrogen-bond acceptors (Lipinski definition) is 11. The number of non-ortho nitro benzene ring substituents is 1. The minimum absolute atomic E-state index is 0.165. The minimum atomic E-state index is -3.98. The van der Waals surface area contributed by atoms with E-state index < -0.39 is 47.9 Å². The van der Waals surface area contributed by atoms with Crippen molar-refractivity contribution in [2.24, 2.45) is 0 Å². The zero-order chi connectivity index (χ0) is 19.6. The second-order valence-electron chi connectivity index (χ2n) is 4.76. The average molecular weight is 380 g/mol. The number of nitrogens with two attached hydrogens (primary N) is 1. The molecule has 0 saturated heterocycles. The number of rotatable bonds is 5. The van der Waals surface area contributed by atoms with Gasteiger partial charge in [0.1, 0.15) is 5.75 Å². The van der Waals surface area contributed by atoms with Gasteiger partial charge in [-0.15, -0.1) is 0 Å². The van der Waals surface area contributed by atoms with Crippen LogP contribution >= 0.6 is 0 Å². The van der Waals surface area contributed by atoms with Gasteiger partial charge >= 0.3 is 11.6 Å². The van der Waals surface area contributed by atoms with Gasteiger partial charge in [-0.05, 0) is 6.07 Å². The molecule has 0 aliphatic heterocycles. The van der Waals surface area contributed by atoms with Crippen LogP contribution in [0.25, 0.3) is 0 Å². The number of nitro groups is 2. The molecule has 0 saturated carbocycles. The maximum absolute atomic E-state index is 11.6. The van der Waals surface area contributed by atoms with Crippen molar-refractivity contribution >= 4 is 27.0 Å². The first-order chi connectivity index (χ1) is 12.0. The summed E-state index contributed by atoms with van der Waals surface area (Å²) in [6.45, 7) is 0. The molecule has 0 spiro atoms. The van der Waals surface area contributed by atoms with E-state index in [2.05, 4.69) is 9.97 Å². The number of sulfone groups is 1. The van der Waals surface area contributed by atoms with E-state index in [0.717, 1.165) is 24.5 Å². The lowest BCUT2D eigenvalue weighted by atomic mass is 10.2. The highest BCUT2D eigenvalue weighted by atomic mass is 32.2. The molecular weight excluding hydrogens is 372 g/mol. The fourth-order valence-electron chi connectivity index (χ4n) is 1.76. The molecule has 0 fully saturated rings. The van der Waals surface area contributed by atoms with Crippen molar-refractivity contribution in [1.29, 1.82) is 5.26 Å². The fourth-order valence-corrected chi connectivity index (χ4v) is 2.28. The molecule has 2 N–H and O–H groups in total. The standard InChI is InChI=1S/C12H8N6O7S/c1-26(23,24)12-15-10(14)9(18(21)22)11(16-12)25-8-3-6(5-13)2-7(4-8)17(19)20/h2-4H,1H3,(H2,14,15,16). The van der Waals surface area contributed by atoms with Crippen LogP contribution in [0, 0.1) is 31.6 Å². The van der Waals surface area contributed by atoms with E-state index in [-0.39, 0.29) is 11.3 Å². The van der Waals surface area contributed by atoms with Crippen molar-refractivity contribution in [3.05, 3.63) is 44.0 Å². The van der Waals surface area contributed by atoms with Crippen LogP contribution in [0.4, 0.5) is 17.2 Å². The van der Waals surface area contributed by atoms with Gasteiger partial charge in [0.2, 0.25) is 15.7 Å². The second-order valence-corrected chi connectivity index (χ2v) is 6.67. The lowest BCUT2D eigenvalue weighted by molar-refractivity contribution is -0.385. The zero-order valence-corrected chi connectivity index (χ0v) is 13.6. The third kappa shape index (κ3) is 3.79. The summed E-state index contributed by atoms with van der Waals surface area (Å²) in [6.07, 6.45) is 0.749. The summed E-state index contributed by atoms with van der Waals surface area (Å²) in [5.74, 6) is -1.96. The van der Waals surface area contributed by atoms with Crippen LogP contribution in [0.3, 0.4) is 0 Å². The molecular formula is C12H8N6O7S. The van der Waals surface area contributed by atoms with Crippen LogP contribution in [-0.2, 0) is 9.84 Å². The predicted molar refractivity (Wildman–Crippen MR) is 84.1 cm³/mol. The highest BCUT2D eigenvalue weighted by Crippen LogP contribution is 2.35.